The monoisotopic (exact) mass is 282 g/mol. The van der Waals surface area contributed by atoms with Gasteiger partial charge in [-0.25, -0.2) is 0 Å². The normalized spacial score (nSPS) is 17.8. The van der Waals surface area contributed by atoms with Crippen molar-refractivity contribution in [2.45, 2.75) is 25.6 Å². The molecule has 1 fully saturated rings. The van der Waals surface area contributed by atoms with Crippen molar-refractivity contribution in [1.82, 2.24) is 5.32 Å². The molecule has 3 rings (SSSR count). The molecule has 0 saturated carbocycles. The van der Waals surface area contributed by atoms with Crippen molar-refractivity contribution in [3.8, 4) is 0 Å². The number of nitrogens with two attached hydrogens (primary N) is 2. The molecule has 1 saturated heterocycles. The Morgan fingerprint density at radius 1 is 1.10 bits per heavy atom. The third-order valence-electron chi connectivity index (χ3n) is 4.01. The number of benzene rings is 2. The van der Waals surface area contributed by atoms with Gasteiger partial charge in [-0.05, 0) is 55.3 Å². The Kier molecular flexibility index (Phi) is 3.97. The van der Waals surface area contributed by atoms with Crippen LogP contribution in [0.4, 0.5) is 17.1 Å². The SMILES string of the molecule is Nc1ccc(N)c(CN(c2ccccc2)C2CCCN2)c1. The van der Waals surface area contributed by atoms with E-state index in [9.17, 15) is 0 Å². The first-order valence-corrected chi connectivity index (χ1v) is 7.43. The molecule has 5 N–H and O–H groups in total. The zero-order valence-corrected chi connectivity index (χ0v) is 12.1. The van der Waals surface area contributed by atoms with E-state index in [2.05, 4.69) is 34.5 Å². The lowest BCUT2D eigenvalue weighted by Gasteiger charge is -2.32. The Morgan fingerprint density at radius 3 is 2.62 bits per heavy atom. The minimum Gasteiger partial charge on any atom is -0.399 e. The molecule has 4 nitrogen and oxygen atoms in total. The zero-order valence-electron chi connectivity index (χ0n) is 12.1. The van der Waals surface area contributed by atoms with Crippen molar-refractivity contribution in [2.75, 3.05) is 22.9 Å². The summed E-state index contributed by atoms with van der Waals surface area (Å²) in [4.78, 5) is 2.37. The summed E-state index contributed by atoms with van der Waals surface area (Å²) >= 11 is 0. The molecule has 21 heavy (non-hydrogen) atoms. The molecule has 4 heteroatoms. The summed E-state index contributed by atoms with van der Waals surface area (Å²) in [6.07, 6.45) is 2.71. The molecule has 110 valence electrons. The van der Waals surface area contributed by atoms with Gasteiger partial charge in [0, 0.05) is 23.6 Å². The average Bonchev–Trinajstić information content (AvgIpc) is 3.03. The molecule has 2 aromatic carbocycles. The number of para-hydroxylation sites is 1. The Bertz CT molecular complexity index is 591. The van der Waals surface area contributed by atoms with E-state index in [0.717, 1.165) is 36.4 Å². The number of hydrogen-bond acceptors (Lipinski definition) is 4. The summed E-state index contributed by atoms with van der Waals surface area (Å²) in [7, 11) is 0. The zero-order chi connectivity index (χ0) is 14.7. The van der Waals surface area contributed by atoms with Gasteiger partial charge in [0.15, 0.2) is 0 Å². The van der Waals surface area contributed by atoms with Gasteiger partial charge in [-0.1, -0.05) is 18.2 Å². The summed E-state index contributed by atoms with van der Waals surface area (Å²) in [6, 6.07) is 16.2. The average molecular weight is 282 g/mol. The minimum atomic E-state index is 0.355. The van der Waals surface area contributed by atoms with Gasteiger partial charge in [0.1, 0.15) is 0 Å². The van der Waals surface area contributed by atoms with E-state index in [1.807, 2.05) is 24.3 Å². The third kappa shape index (κ3) is 3.11. The van der Waals surface area contributed by atoms with Gasteiger partial charge >= 0.3 is 0 Å². The van der Waals surface area contributed by atoms with Crippen LogP contribution >= 0.6 is 0 Å². The van der Waals surface area contributed by atoms with Crippen molar-refractivity contribution in [3.05, 3.63) is 54.1 Å². The van der Waals surface area contributed by atoms with Crippen LogP contribution in [0.25, 0.3) is 0 Å². The molecule has 1 aliphatic rings. The summed E-state index contributed by atoms with van der Waals surface area (Å²) < 4.78 is 0. The molecule has 0 aromatic heterocycles. The molecule has 0 amide bonds. The largest absolute Gasteiger partial charge is 0.399 e. The first-order valence-electron chi connectivity index (χ1n) is 7.43. The molecule has 1 unspecified atom stereocenters. The second-order valence-electron chi connectivity index (χ2n) is 5.53. The first-order chi connectivity index (χ1) is 10.2. The summed E-state index contributed by atoms with van der Waals surface area (Å²) in [5.41, 5.74) is 15.9. The van der Waals surface area contributed by atoms with Crippen molar-refractivity contribution < 1.29 is 0 Å². The van der Waals surface area contributed by atoms with Crippen LogP contribution < -0.4 is 21.7 Å². The fraction of sp³-hybridized carbons (Fsp3) is 0.294. The first kappa shape index (κ1) is 13.8. The molecule has 0 bridgehead atoms. The molecule has 1 heterocycles. The summed E-state index contributed by atoms with van der Waals surface area (Å²) in [6.45, 7) is 1.83. The highest BCUT2D eigenvalue weighted by molar-refractivity contribution is 5.58. The lowest BCUT2D eigenvalue weighted by atomic mass is 10.1. The molecule has 1 atom stereocenters. The van der Waals surface area contributed by atoms with Gasteiger partial charge in [-0.2, -0.15) is 0 Å². The van der Waals surface area contributed by atoms with Gasteiger partial charge in [0.05, 0.1) is 6.17 Å². The predicted octanol–water partition coefficient (Wildman–Crippen LogP) is 2.57. The topological polar surface area (TPSA) is 67.3 Å². The van der Waals surface area contributed by atoms with Crippen LogP contribution in [0.15, 0.2) is 48.5 Å². The van der Waals surface area contributed by atoms with Crippen LogP contribution in [0.3, 0.4) is 0 Å². The molecule has 0 aliphatic carbocycles. The van der Waals surface area contributed by atoms with Crippen molar-refractivity contribution in [3.63, 3.8) is 0 Å². The maximum Gasteiger partial charge on any atom is 0.0800 e. The highest BCUT2D eigenvalue weighted by atomic mass is 15.3. The highest BCUT2D eigenvalue weighted by Crippen LogP contribution is 2.25. The van der Waals surface area contributed by atoms with Crippen LogP contribution in [0, 0.1) is 0 Å². The summed E-state index contributed by atoms with van der Waals surface area (Å²) in [5, 5.41) is 3.56. The lowest BCUT2D eigenvalue weighted by Crippen LogP contribution is -2.41. The van der Waals surface area contributed by atoms with Crippen molar-refractivity contribution in [2.24, 2.45) is 0 Å². The smallest absolute Gasteiger partial charge is 0.0800 e. The Balaban J connectivity index is 1.90. The third-order valence-corrected chi connectivity index (χ3v) is 4.01. The lowest BCUT2D eigenvalue weighted by molar-refractivity contribution is 0.556. The van der Waals surface area contributed by atoms with E-state index in [1.165, 1.54) is 12.1 Å². The fourth-order valence-electron chi connectivity index (χ4n) is 2.88. The second-order valence-corrected chi connectivity index (χ2v) is 5.53. The molecule has 0 spiro atoms. The van der Waals surface area contributed by atoms with Crippen LogP contribution in [-0.4, -0.2) is 12.7 Å². The maximum absolute atomic E-state index is 6.11. The second kappa shape index (κ2) is 6.06. The van der Waals surface area contributed by atoms with Crippen LogP contribution in [0.1, 0.15) is 18.4 Å². The summed E-state index contributed by atoms with van der Waals surface area (Å²) in [5.74, 6) is 0. The van der Waals surface area contributed by atoms with Crippen LogP contribution in [0.2, 0.25) is 0 Å². The number of anilines is 3. The number of hydrogen-bond donors (Lipinski definition) is 3. The van der Waals surface area contributed by atoms with Crippen molar-refractivity contribution >= 4 is 17.1 Å². The standard InChI is InChI=1S/C17H22N4/c18-14-8-9-16(19)13(11-14)12-21(17-7-4-10-20-17)15-5-2-1-3-6-15/h1-3,5-6,8-9,11,17,20H,4,7,10,12,18-19H2. The molecular formula is C17H22N4. The van der Waals surface area contributed by atoms with Gasteiger partial charge in [0.25, 0.3) is 0 Å². The van der Waals surface area contributed by atoms with E-state index in [4.69, 9.17) is 11.5 Å². The molecular weight excluding hydrogens is 260 g/mol. The Morgan fingerprint density at radius 2 is 1.90 bits per heavy atom. The van der Waals surface area contributed by atoms with E-state index in [1.54, 1.807) is 0 Å². The van der Waals surface area contributed by atoms with Gasteiger partial charge in [-0.3, -0.25) is 5.32 Å². The van der Waals surface area contributed by atoms with Gasteiger partial charge < -0.3 is 16.4 Å². The highest BCUT2D eigenvalue weighted by Gasteiger charge is 2.23. The minimum absolute atomic E-state index is 0.355. The van der Waals surface area contributed by atoms with E-state index in [-0.39, 0.29) is 0 Å². The molecule has 2 aromatic rings. The quantitative estimate of drug-likeness (QED) is 0.754. The van der Waals surface area contributed by atoms with E-state index in [0.29, 0.717) is 6.17 Å². The van der Waals surface area contributed by atoms with E-state index < -0.39 is 0 Å². The fourth-order valence-corrected chi connectivity index (χ4v) is 2.88. The molecule has 0 radical (unpaired) electrons. The number of nitrogen functional groups attached to an aromatic ring is 2. The number of rotatable bonds is 4. The van der Waals surface area contributed by atoms with Crippen LogP contribution in [0.5, 0.6) is 0 Å². The Hall–Kier alpha value is -2.20. The van der Waals surface area contributed by atoms with E-state index >= 15 is 0 Å². The van der Waals surface area contributed by atoms with Crippen molar-refractivity contribution in [1.29, 1.82) is 0 Å². The maximum atomic E-state index is 6.11. The molecule has 1 aliphatic heterocycles. The predicted molar refractivity (Wildman–Crippen MR) is 88.9 cm³/mol. The van der Waals surface area contributed by atoms with Gasteiger partial charge in [0.2, 0.25) is 0 Å². The Labute approximate surface area is 125 Å². The number of nitrogens with one attached hydrogen (secondary N) is 1. The van der Waals surface area contributed by atoms with Gasteiger partial charge in [-0.15, -0.1) is 0 Å². The number of nitrogens with zero attached hydrogens (tertiary/aromatic N) is 1. The van der Waals surface area contributed by atoms with Crippen LogP contribution in [-0.2, 0) is 6.54 Å².